The molecule has 1 atom stereocenters. The molecule has 0 saturated carbocycles. The van der Waals surface area contributed by atoms with E-state index in [1.807, 2.05) is 41.3 Å². The zero-order valence-electron chi connectivity index (χ0n) is 13.4. The Morgan fingerprint density at radius 2 is 1.83 bits per heavy atom. The number of carbonyl (C=O) groups is 1. The van der Waals surface area contributed by atoms with Crippen LogP contribution in [0.1, 0.15) is 18.4 Å². The first-order valence-corrected chi connectivity index (χ1v) is 8.74. The molecule has 24 heavy (non-hydrogen) atoms. The fraction of sp³-hybridized carbons (Fsp3) is 0.316. The molecule has 2 aromatic rings. The monoisotopic (exact) mass is 341 g/mol. The number of para-hydroxylation sites is 1. The Labute approximate surface area is 146 Å². The maximum atomic E-state index is 13.0. The Kier molecular flexibility index (Phi) is 3.85. The molecule has 0 aliphatic carbocycles. The number of halogens is 1. The molecule has 5 heteroatoms. The molecule has 1 saturated heterocycles. The predicted octanol–water partition coefficient (Wildman–Crippen LogP) is 3.48. The molecular weight excluding hydrogens is 322 g/mol. The Balaban J connectivity index is 1.65. The van der Waals surface area contributed by atoms with Crippen molar-refractivity contribution < 1.29 is 4.79 Å². The van der Waals surface area contributed by atoms with Crippen LogP contribution in [-0.4, -0.2) is 25.0 Å². The lowest BCUT2D eigenvalue weighted by atomic mass is 9.98. The number of hydrogen-bond donors (Lipinski definition) is 1. The number of hydrogen-bond acceptors (Lipinski definition) is 3. The highest BCUT2D eigenvalue weighted by molar-refractivity contribution is 6.34. The molecule has 4 nitrogen and oxygen atoms in total. The summed E-state index contributed by atoms with van der Waals surface area (Å²) in [6, 6.07) is 13.4. The number of nitrogens with zero attached hydrogens (tertiary/aromatic N) is 2. The first-order valence-electron chi connectivity index (χ1n) is 8.37. The second-order valence-corrected chi connectivity index (χ2v) is 6.79. The van der Waals surface area contributed by atoms with E-state index >= 15 is 0 Å². The van der Waals surface area contributed by atoms with Crippen LogP contribution in [-0.2, 0) is 11.2 Å². The zero-order valence-corrected chi connectivity index (χ0v) is 14.2. The summed E-state index contributed by atoms with van der Waals surface area (Å²) in [4.78, 5) is 17.1. The second-order valence-electron chi connectivity index (χ2n) is 6.39. The lowest BCUT2D eigenvalue weighted by Gasteiger charge is -2.35. The number of amides is 1. The van der Waals surface area contributed by atoms with Gasteiger partial charge in [0.1, 0.15) is 6.04 Å². The smallest absolute Gasteiger partial charge is 0.249 e. The fourth-order valence-electron chi connectivity index (χ4n) is 3.87. The number of anilines is 3. The third kappa shape index (κ3) is 2.42. The Morgan fingerprint density at radius 3 is 2.67 bits per heavy atom. The van der Waals surface area contributed by atoms with Gasteiger partial charge in [0.25, 0.3) is 0 Å². The zero-order chi connectivity index (χ0) is 16.7. The first-order chi connectivity index (χ1) is 11.7. The molecule has 124 valence electrons. The topological polar surface area (TPSA) is 49.6 Å². The predicted molar refractivity (Wildman–Crippen MR) is 98.7 cm³/mol. The third-order valence-electron chi connectivity index (χ3n) is 5.02. The van der Waals surface area contributed by atoms with Crippen LogP contribution >= 0.6 is 11.6 Å². The Hall–Kier alpha value is -2.20. The van der Waals surface area contributed by atoms with Gasteiger partial charge in [0, 0.05) is 24.5 Å². The van der Waals surface area contributed by atoms with Crippen molar-refractivity contribution in [3.8, 4) is 0 Å². The summed E-state index contributed by atoms with van der Waals surface area (Å²) >= 11 is 6.28. The van der Waals surface area contributed by atoms with Gasteiger partial charge in [-0.25, -0.2) is 0 Å². The molecular formula is C19H20ClN3O. The van der Waals surface area contributed by atoms with Gasteiger partial charge in [-0.1, -0.05) is 29.8 Å². The van der Waals surface area contributed by atoms with Gasteiger partial charge in [0.15, 0.2) is 0 Å². The van der Waals surface area contributed by atoms with Crippen LogP contribution in [0.5, 0.6) is 0 Å². The van der Waals surface area contributed by atoms with Crippen molar-refractivity contribution in [3.63, 3.8) is 0 Å². The maximum Gasteiger partial charge on any atom is 0.249 e. The van der Waals surface area contributed by atoms with Crippen molar-refractivity contribution in [2.75, 3.05) is 28.6 Å². The average Bonchev–Trinajstić information content (AvgIpc) is 2.97. The summed E-state index contributed by atoms with van der Waals surface area (Å²) in [7, 11) is 0. The molecule has 2 aliphatic heterocycles. The molecule has 2 aliphatic rings. The Morgan fingerprint density at radius 1 is 1.04 bits per heavy atom. The maximum absolute atomic E-state index is 13.0. The van der Waals surface area contributed by atoms with Gasteiger partial charge in [0.2, 0.25) is 5.91 Å². The van der Waals surface area contributed by atoms with Gasteiger partial charge in [-0.05, 0) is 49.1 Å². The van der Waals surface area contributed by atoms with Gasteiger partial charge in [0.05, 0.1) is 10.7 Å². The molecule has 1 fully saturated rings. The molecule has 4 rings (SSSR count). The van der Waals surface area contributed by atoms with E-state index in [0.717, 1.165) is 42.9 Å². The number of nitrogens with two attached hydrogens (primary N) is 1. The molecule has 0 aromatic heterocycles. The minimum atomic E-state index is -0.137. The van der Waals surface area contributed by atoms with Crippen LogP contribution in [0, 0.1) is 0 Å². The molecule has 1 unspecified atom stereocenters. The van der Waals surface area contributed by atoms with Crippen LogP contribution in [0.2, 0.25) is 5.02 Å². The summed E-state index contributed by atoms with van der Waals surface area (Å²) in [5.41, 5.74) is 10.0. The van der Waals surface area contributed by atoms with Crippen LogP contribution in [0.15, 0.2) is 42.5 Å². The second kappa shape index (κ2) is 6.02. The van der Waals surface area contributed by atoms with Crippen LogP contribution in [0.4, 0.5) is 17.1 Å². The van der Waals surface area contributed by atoms with E-state index in [-0.39, 0.29) is 11.9 Å². The van der Waals surface area contributed by atoms with Gasteiger partial charge in [-0.15, -0.1) is 0 Å². The third-order valence-corrected chi connectivity index (χ3v) is 5.34. The lowest BCUT2D eigenvalue weighted by Crippen LogP contribution is -2.44. The SMILES string of the molecule is Nc1cccc2c1CCCN2C1CCN(c2ccccc2Cl)C1=O. The molecule has 2 N–H and O–H groups in total. The normalized spacial score (nSPS) is 20.4. The summed E-state index contributed by atoms with van der Waals surface area (Å²) < 4.78 is 0. The summed E-state index contributed by atoms with van der Waals surface area (Å²) in [5, 5.41) is 0.620. The first kappa shape index (κ1) is 15.3. The highest BCUT2D eigenvalue weighted by Gasteiger charge is 2.38. The van der Waals surface area contributed by atoms with Crippen molar-refractivity contribution in [2.24, 2.45) is 0 Å². The van der Waals surface area contributed by atoms with Gasteiger partial charge >= 0.3 is 0 Å². The molecule has 2 heterocycles. The van der Waals surface area contributed by atoms with E-state index in [2.05, 4.69) is 11.0 Å². The van der Waals surface area contributed by atoms with Crippen molar-refractivity contribution in [2.45, 2.75) is 25.3 Å². The summed E-state index contributed by atoms with van der Waals surface area (Å²) in [6.45, 7) is 1.59. The van der Waals surface area contributed by atoms with E-state index in [4.69, 9.17) is 17.3 Å². The number of carbonyl (C=O) groups excluding carboxylic acids is 1. The molecule has 2 aromatic carbocycles. The van der Waals surface area contributed by atoms with Crippen molar-refractivity contribution >= 4 is 34.6 Å². The standard InChI is InChI=1S/C19H20ClN3O/c20-14-6-1-2-8-17(14)23-12-10-18(19(23)24)22-11-4-5-13-15(21)7-3-9-16(13)22/h1-3,6-9,18H,4-5,10-12,21H2. The Bertz CT molecular complexity index is 792. The molecule has 1 amide bonds. The summed E-state index contributed by atoms with van der Waals surface area (Å²) in [6.07, 6.45) is 2.81. The summed E-state index contributed by atoms with van der Waals surface area (Å²) in [5.74, 6) is 0.123. The van der Waals surface area contributed by atoms with E-state index < -0.39 is 0 Å². The molecule has 0 radical (unpaired) electrons. The van der Waals surface area contributed by atoms with Crippen LogP contribution in [0.3, 0.4) is 0 Å². The fourth-order valence-corrected chi connectivity index (χ4v) is 4.11. The van der Waals surface area contributed by atoms with Gasteiger partial charge in [-0.2, -0.15) is 0 Å². The highest BCUT2D eigenvalue weighted by atomic mass is 35.5. The van der Waals surface area contributed by atoms with Crippen LogP contribution < -0.4 is 15.5 Å². The number of fused-ring (bicyclic) bond motifs is 1. The quantitative estimate of drug-likeness (QED) is 0.851. The largest absolute Gasteiger partial charge is 0.398 e. The minimum absolute atomic E-state index is 0.123. The van der Waals surface area contributed by atoms with Crippen molar-refractivity contribution in [3.05, 3.63) is 53.1 Å². The van der Waals surface area contributed by atoms with E-state index in [1.54, 1.807) is 0 Å². The lowest BCUT2D eigenvalue weighted by molar-refractivity contribution is -0.118. The van der Waals surface area contributed by atoms with Gasteiger partial charge < -0.3 is 15.5 Å². The average molecular weight is 342 g/mol. The minimum Gasteiger partial charge on any atom is -0.398 e. The number of benzene rings is 2. The molecule has 0 spiro atoms. The number of rotatable bonds is 2. The number of nitrogen functional groups attached to an aromatic ring is 1. The highest BCUT2D eigenvalue weighted by Crippen LogP contribution is 2.36. The van der Waals surface area contributed by atoms with E-state index in [0.29, 0.717) is 11.6 Å². The molecule has 0 bridgehead atoms. The van der Waals surface area contributed by atoms with E-state index in [9.17, 15) is 4.79 Å². The van der Waals surface area contributed by atoms with Crippen LogP contribution in [0.25, 0.3) is 0 Å². The van der Waals surface area contributed by atoms with Gasteiger partial charge in [-0.3, -0.25) is 4.79 Å². The van der Waals surface area contributed by atoms with E-state index in [1.165, 1.54) is 5.56 Å². The van der Waals surface area contributed by atoms with Crippen molar-refractivity contribution in [1.29, 1.82) is 0 Å². The van der Waals surface area contributed by atoms with Crippen molar-refractivity contribution in [1.82, 2.24) is 0 Å².